The summed E-state index contributed by atoms with van der Waals surface area (Å²) in [6.45, 7) is 4.75. The van der Waals surface area contributed by atoms with Gasteiger partial charge in [0.2, 0.25) is 5.95 Å². The molecule has 5 rings (SSSR count). The fourth-order valence-electron chi connectivity index (χ4n) is 3.97. The Morgan fingerprint density at radius 3 is 2.70 bits per heavy atom. The Balaban J connectivity index is 1.40. The van der Waals surface area contributed by atoms with Crippen LogP contribution in [0.5, 0.6) is 5.75 Å². The summed E-state index contributed by atoms with van der Waals surface area (Å²) in [6, 6.07) is 14.1. The summed E-state index contributed by atoms with van der Waals surface area (Å²) in [5.74, 6) is 2.18. The van der Waals surface area contributed by atoms with Crippen molar-refractivity contribution in [2.75, 3.05) is 30.3 Å². The van der Waals surface area contributed by atoms with E-state index in [0.29, 0.717) is 12.4 Å². The van der Waals surface area contributed by atoms with Crippen LogP contribution in [0.3, 0.4) is 0 Å². The van der Waals surface area contributed by atoms with E-state index in [1.165, 1.54) is 30.2 Å². The zero-order chi connectivity index (χ0) is 20.5. The molecule has 2 aliphatic heterocycles. The lowest BCUT2D eigenvalue weighted by molar-refractivity contribution is 0.102. The molecule has 3 heterocycles. The summed E-state index contributed by atoms with van der Waals surface area (Å²) in [6.07, 6.45) is 3.21. The molecular formula is C23H24N4O2S. The second-order valence-corrected chi connectivity index (χ2v) is 8.72. The Kier molecular flexibility index (Phi) is 5.21. The molecule has 1 fully saturated rings. The maximum Gasteiger partial charge on any atom is 0.232 e. The third-order valence-corrected chi connectivity index (χ3v) is 6.57. The number of rotatable bonds is 6. The first-order valence-corrected chi connectivity index (χ1v) is 11.4. The molecule has 0 bridgehead atoms. The second kappa shape index (κ2) is 8.14. The van der Waals surface area contributed by atoms with Crippen LogP contribution in [0.15, 0.2) is 47.6 Å². The molecular weight excluding hydrogens is 396 g/mol. The van der Waals surface area contributed by atoms with Crippen LogP contribution < -0.4 is 9.64 Å². The average molecular weight is 421 g/mol. The number of carbonyl (C=O) groups excluding carboxylic acids is 1. The fraction of sp³-hybridized carbons (Fsp3) is 0.348. The maximum atomic E-state index is 12.8. The van der Waals surface area contributed by atoms with E-state index in [4.69, 9.17) is 4.74 Å². The number of hydrogen-bond acceptors (Lipinski definition) is 6. The van der Waals surface area contributed by atoms with E-state index in [1.54, 1.807) is 0 Å². The Bertz CT molecular complexity index is 1070. The average Bonchev–Trinajstić information content (AvgIpc) is 3.52. The Hall–Kier alpha value is -2.80. The number of nitrogens with zero attached hydrogens (tertiary/aromatic N) is 4. The van der Waals surface area contributed by atoms with Crippen molar-refractivity contribution in [1.82, 2.24) is 14.8 Å². The van der Waals surface area contributed by atoms with Gasteiger partial charge in [0, 0.05) is 25.1 Å². The molecule has 7 heteroatoms. The van der Waals surface area contributed by atoms with E-state index < -0.39 is 0 Å². The van der Waals surface area contributed by atoms with Crippen molar-refractivity contribution < 1.29 is 9.53 Å². The molecule has 154 valence electrons. The minimum Gasteiger partial charge on any atom is -0.493 e. The number of carbonyl (C=O) groups is 1. The Labute approximate surface area is 180 Å². The lowest BCUT2D eigenvalue weighted by Gasteiger charge is -2.18. The zero-order valence-corrected chi connectivity index (χ0v) is 17.8. The number of Topliss-reactive ketones (excluding diaryl/α,β-unsaturated/α-hetero) is 1. The van der Waals surface area contributed by atoms with Crippen molar-refractivity contribution >= 4 is 23.5 Å². The molecule has 0 N–H and O–H groups in total. The summed E-state index contributed by atoms with van der Waals surface area (Å²) in [7, 11) is 0. The van der Waals surface area contributed by atoms with Gasteiger partial charge in [-0.25, -0.2) is 0 Å². The molecule has 0 unspecified atom stereocenters. The molecule has 0 radical (unpaired) electrons. The van der Waals surface area contributed by atoms with Gasteiger partial charge in [0.25, 0.3) is 0 Å². The van der Waals surface area contributed by atoms with Crippen LogP contribution in [-0.4, -0.2) is 46.0 Å². The Morgan fingerprint density at radius 1 is 1.10 bits per heavy atom. The molecule has 6 nitrogen and oxygen atoms in total. The predicted molar refractivity (Wildman–Crippen MR) is 118 cm³/mol. The number of fused-ring (bicyclic) bond motifs is 1. The number of aryl methyl sites for hydroxylation is 1. The lowest BCUT2D eigenvalue weighted by atomic mass is 10.1. The van der Waals surface area contributed by atoms with Crippen LogP contribution in [0.25, 0.3) is 5.69 Å². The van der Waals surface area contributed by atoms with Crippen molar-refractivity contribution in [3.63, 3.8) is 0 Å². The molecule has 30 heavy (non-hydrogen) atoms. The van der Waals surface area contributed by atoms with Gasteiger partial charge in [-0.1, -0.05) is 29.5 Å². The van der Waals surface area contributed by atoms with E-state index in [-0.39, 0.29) is 5.78 Å². The first-order valence-electron chi connectivity index (χ1n) is 10.4. The number of ketones is 1. The summed E-state index contributed by atoms with van der Waals surface area (Å²) in [5, 5.41) is 9.68. The smallest absolute Gasteiger partial charge is 0.232 e. The first-order chi connectivity index (χ1) is 14.7. The SMILES string of the molecule is Cc1ccc(-n2c(SCC(=O)c3ccc4c(c3)CCO4)nnc2N2CCCC2)cc1. The van der Waals surface area contributed by atoms with Gasteiger partial charge in [0.1, 0.15) is 5.75 Å². The summed E-state index contributed by atoms with van der Waals surface area (Å²) in [5.41, 5.74) is 4.08. The highest BCUT2D eigenvalue weighted by molar-refractivity contribution is 7.99. The molecule has 0 amide bonds. The topological polar surface area (TPSA) is 60.3 Å². The van der Waals surface area contributed by atoms with Crippen molar-refractivity contribution in [3.8, 4) is 11.4 Å². The number of thioether (sulfide) groups is 1. The molecule has 3 aromatic rings. The normalized spacial score (nSPS) is 15.3. The molecule has 2 aromatic carbocycles. The van der Waals surface area contributed by atoms with Gasteiger partial charge >= 0.3 is 0 Å². The van der Waals surface area contributed by atoms with E-state index in [2.05, 4.69) is 50.9 Å². The monoisotopic (exact) mass is 420 g/mol. The minimum atomic E-state index is 0.0934. The number of benzene rings is 2. The van der Waals surface area contributed by atoms with E-state index in [1.807, 2.05) is 18.2 Å². The van der Waals surface area contributed by atoms with Gasteiger partial charge < -0.3 is 9.64 Å². The second-order valence-electron chi connectivity index (χ2n) is 7.78. The van der Waals surface area contributed by atoms with Gasteiger partial charge in [0.05, 0.1) is 18.0 Å². The number of ether oxygens (including phenoxy) is 1. The zero-order valence-electron chi connectivity index (χ0n) is 17.0. The third-order valence-electron chi connectivity index (χ3n) is 5.64. The highest BCUT2D eigenvalue weighted by Crippen LogP contribution is 2.30. The molecule has 0 aliphatic carbocycles. The number of aromatic nitrogens is 3. The molecule has 1 aromatic heterocycles. The standard InChI is InChI=1S/C23H24N4O2S/c1-16-4-7-19(8-5-16)27-22(26-11-2-3-12-26)24-25-23(27)30-15-20(28)17-6-9-21-18(14-17)10-13-29-21/h4-9,14H,2-3,10-13,15H2,1H3. The Morgan fingerprint density at radius 2 is 1.90 bits per heavy atom. The summed E-state index contributed by atoms with van der Waals surface area (Å²) >= 11 is 1.44. The third kappa shape index (κ3) is 3.69. The van der Waals surface area contributed by atoms with Gasteiger partial charge in [-0.15, -0.1) is 10.2 Å². The fourth-order valence-corrected chi connectivity index (χ4v) is 4.81. The van der Waals surface area contributed by atoms with Crippen molar-refractivity contribution in [2.24, 2.45) is 0 Å². The van der Waals surface area contributed by atoms with E-state index in [9.17, 15) is 4.79 Å². The van der Waals surface area contributed by atoms with Crippen LogP contribution in [0, 0.1) is 6.92 Å². The first kappa shape index (κ1) is 19.2. The van der Waals surface area contributed by atoms with Crippen LogP contribution in [0.2, 0.25) is 0 Å². The van der Waals surface area contributed by atoms with E-state index >= 15 is 0 Å². The molecule has 0 saturated carbocycles. The van der Waals surface area contributed by atoms with Crippen LogP contribution in [-0.2, 0) is 6.42 Å². The maximum absolute atomic E-state index is 12.8. The van der Waals surface area contributed by atoms with Crippen LogP contribution >= 0.6 is 11.8 Å². The van der Waals surface area contributed by atoms with Gasteiger partial charge in [-0.05, 0) is 55.7 Å². The quantitative estimate of drug-likeness (QED) is 0.442. The van der Waals surface area contributed by atoms with Gasteiger partial charge in [0.15, 0.2) is 10.9 Å². The molecule has 2 aliphatic rings. The largest absolute Gasteiger partial charge is 0.493 e. The molecule has 1 saturated heterocycles. The van der Waals surface area contributed by atoms with Crippen LogP contribution in [0.4, 0.5) is 5.95 Å². The highest BCUT2D eigenvalue weighted by atomic mass is 32.2. The molecule has 0 atom stereocenters. The predicted octanol–water partition coefficient (Wildman–Crippen LogP) is 4.09. The van der Waals surface area contributed by atoms with Crippen molar-refractivity contribution in [1.29, 1.82) is 0 Å². The number of anilines is 1. The van der Waals surface area contributed by atoms with Crippen molar-refractivity contribution in [3.05, 3.63) is 59.2 Å². The highest BCUT2D eigenvalue weighted by Gasteiger charge is 2.23. The van der Waals surface area contributed by atoms with Gasteiger partial charge in [-0.3, -0.25) is 9.36 Å². The number of hydrogen-bond donors (Lipinski definition) is 0. The summed E-state index contributed by atoms with van der Waals surface area (Å²) in [4.78, 5) is 15.1. The minimum absolute atomic E-state index is 0.0934. The van der Waals surface area contributed by atoms with E-state index in [0.717, 1.165) is 53.2 Å². The lowest BCUT2D eigenvalue weighted by Crippen LogP contribution is -2.22. The van der Waals surface area contributed by atoms with Crippen LogP contribution in [0.1, 0.15) is 34.3 Å². The summed E-state index contributed by atoms with van der Waals surface area (Å²) < 4.78 is 7.63. The molecule has 0 spiro atoms. The van der Waals surface area contributed by atoms with Gasteiger partial charge in [-0.2, -0.15) is 0 Å². The van der Waals surface area contributed by atoms with Crippen molar-refractivity contribution in [2.45, 2.75) is 31.3 Å².